The molecule has 1 heterocycles. The first-order valence-corrected chi connectivity index (χ1v) is 8.40. The highest BCUT2D eigenvalue weighted by atomic mass is 35.5. The van der Waals surface area contributed by atoms with E-state index in [4.69, 9.17) is 5.73 Å². The predicted molar refractivity (Wildman–Crippen MR) is 106 cm³/mol. The Morgan fingerprint density at radius 2 is 1.58 bits per heavy atom. The number of likely N-dealkylation sites (tertiary alicyclic amines) is 1. The Bertz CT molecular complexity index is 746. The highest BCUT2D eigenvalue weighted by molar-refractivity contribution is 5.99. The first kappa shape index (κ1) is 19.6. The number of amides is 3. The van der Waals surface area contributed by atoms with Crippen LogP contribution in [-0.4, -0.2) is 36.0 Å². The van der Waals surface area contributed by atoms with Gasteiger partial charge in [0.25, 0.3) is 5.91 Å². The van der Waals surface area contributed by atoms with Crippen molar-refractivity contribution in [1.29, 1.82) is 0 Å². The molecule has 1 aliphatic rings. The van der Waals surface area contributed by atoms with E-state index in [9.17, 15) is 9.59 Å². The van der Waals surface area contributed by atoms with Gasteiger partial charge in [-0.2, -0.15) is 0 Å². The topological polar surface area (TPSA) is 87.5 Å². The van der Waals surface area contributed by atoms with Crippen molar-refractivity contribution < 1.29 is 9.59 Å². The van der Waals surface area contributed by atoms with Crippen molar-refractivity contribution >= 4 is 35.7 Å². The van der Waals surface area contributed by atoms with Crippen molar-refractivity contribution in [3.8, 4) is 0 Å². The van der Waals surface area contributed by atoms with Gasteiger partial charge in [-0.3, -0.25) is 4.79 Å². The van der Waals surface area contributed by atoms with Crippen LogP contribution < -0.4 is 16.4 Å². The summed E-state index contributed by atoms with van der Waals surface area (Å²) in [6.07, 6.45) is 1.45. The molecular formula is C19H23ClN4O2. The van der Waals surface area contributed by atoms with E-state index < -0.39 is 0 Å². The summed E-state index contributed by atoms with van der Waals surface area (Å²) in [5.41, 5.74) is 7.67. The van der Waals surface area contributed by atoms with E-state index in [1.54, 1.807) is 17.0 Å². The van der Waals surface area contributed by atoms with Crippen LogP contribution in [0.5, 0.6) is 0 Å². The van der Waals surface area contributed by atoms with Gasteiger partial charge in [0.2, 0.25) is 0 Å². The largest absolute Gasteiger partial charge is 0.398 e. The molecule has 1 aliphatic heterocycles. The van der Waals surface area contributed by atoms with Crippen LogP contribution in [0.25, 0.3) is 0 Å². The minimum absolute atomic E-state index is 0. The summed E-state index contributed by atoms with van der Waals surface area (Å²) >= 11 is 0. The molecule has 0 saturated carbocycles. The van der Waals surface area contributed by atoms with E-state index in [1.165, 1.54) is 0 Å². The molecular weight excluding hydrogens is 352 g/mol. The van der Waals surface area contributed by atoms with E-state index in [1.807, 2.05) is 42.5 Å². The number of carbonyl (C=O) groups is 2. The van der Waals surface area contributed by atoms with Crippen molar-refractivity contribution in [2.45, 2.75) is 18.9 Å². The number of hydrogen-bond donors (Lipinski definition) is 3. The molecule has 7 heteroatoms. The maximum Gasteiger partial charge on any atom is 0.319 e. The number of carbonyl (C=O) groups excluding carboxylic acids is 2. The number of nitrogens with one attached hydrogen (secondary N) is 2. The predicted octanol–water partition coefficient (Wildman–Crippen LogP) is 3.12. The van der Waals surface area contributed by atoms with Crippen LogP contribution in [0.15, 0.2) is 54.6 Å². The SMILES string of the molecule is Cl.Nc1ccccc1C(=O)N1CCC(NC(=O)Nc2ccccc2)CC1. The van der Waals surface area contributed by atoms with Crippen molar-refractivity contribution in [2.75, 3.05) is 24.1 Å². The minimum Gasteiger partial charge on any atom is -0.398 e. The second-order valence-corrected chi connectivity index (χ2v) is 6.12. The number of nitrogens with zero attached hydrogens (tertiary/aromatic N) is 1. The van der Waals surface area contributed by atoms with Gasteiger partial charge in [0.05, 0.1) is 5.56 Å². The number of urea groups is 1. The number of hydrogen-bond acceptors (Lipinski definition) is 3. The zero-order valence-electron chi connectivity index (χ0n) is 14.4. The molecule has 0 aliphatic carbocycles. The lowest BCUT2D eigenvalue weighted by atomic mass is 10.0. The average Bonchev–Trinajstić information content (AvgIpc) is 2.63. The van der Waals surface area contributed by atoms with Crippen LogP contribution in [-0.2, 0) is 0 Å². The van der Waals surface area contributed by atoms with Gasteiger partial charge in [-0.15, -0.1) is 12.4 Å². The molecule has 3 rings (SSSR count). The van der Waals surface area contributed by atoms with Crippen LogP contribution in [0.2, 0.25) is 0 Å². The summed E-state index contributed by atoms with van der Waals surface area (Å²) in [6.45, 7) is 1.20. The third-order valence-electron chi connectivity index (χ3n) is 4.34. The zero-order valence-corrected chi connectivity index (χ0v) is 15.2. The van der Waals surface area contributed by atoms with Crippen molar-refractivity contribution in [1.82, 2.24) is 10.2 Å². The fourth-order valence-electron chi connectivity index (χ4n) is 2.96. The Hall–Kier alpha value is -2.73. The summed E-state index contributed by atoms with van der Waals surface area (Å²) in [5.74, 6) is -0.0507. The van der Waals surface area contributed by atoms with Crippen LogP contribution in [0.3, 0.4) is 0 Å². The molecule has 0 aromatic heterocycles. The summed E-state index contributed by atoms with van der Waals surface area (Å²) < 4.78 is 0. The average molecular weight is 375 g/mol. The Labute approximate surface area is 159 Å². The second kappa shape index (κ2) is 9.10. The Morgan fingerprint density at radius 3 is 2.23 bits per heavy atom. The molecule has 0 bridgehead atoms. The standard InChI is InChI=1S/C19H22N4O2.ClH/c20-17-9-5-4-8-16(17)18(24)23-12-10-15(11-13-23)22-19(25)21-14-6-2-1-3-7-14;/h1-9,15H,10-13,20H2,(H2,21,22,25);1H. The Kier molecular flexibility index (Phi) is 6.86. The number of anilines is 2. The molecule has 0 unspecified atom stereocenters. The molecule has 0 spiro atoms. The molecule has 26 heavy (non-hydrogen) atoms. The van der Waals surface area contributed by atoms with Crippen molar-refractivity contribution in [3.05, 3.63) is 60.2 Å². The monoisotopic (exact) mass is 374 g/mol. The number of halogens is 1. The zero-order chi connectivity index (χ0) is 17.6. The summed E-state index contributed by atoms with van der Waals surface area (Å²) in [5, 5.41) is 5.77. The van der Waals surface area contributed by atoms with Crippen molar-refractivity contribution in [3.63, 3.8) is 0 Å². The Balaban J connectivity index is 0.00000243. The third kappa shape index (κ3) is 4.89. The third-order valence-corrected chi connectivity index (χ3v) is 4.34. The smallest absolute Gasteiger partial charge is 0.319 e. The van der Waals surface area contributed by atoms with Crippen LogP contribution in [0.4, 0.5) is 16.2 Å². The van der Waals surface area contributed by atoms with Crippen molar-refractivity contribution in [2.24, 2.45) is 0 Å². The second-order valence-electron chi connectivity index (χ2n) is 6.12. The lowest BCUT2D eigenvalue weighted by Crippen LogP contribution is -2.47. The van der Waals surface area contributed by atoms with E-state index >= 15 is 0 Å². The van der Waals surface area contributed by atoms with Gasteiger partial charge in [-0.05, 0) is 37.1 Å². The molecule has 2 aromatic rings. The van der Waals surface area contributed by atoms with E-state index in [2.05, 4.69) is 10.6 Å². The van der Waals surface area contributed by atoms with Gasteiger partial charge < -0.3 is 21.3 Å². The van der Waals surface area contributed by atoms with Gasteiger partial charge in [-0.25, -0.2) is 4.79 Å². The number of rotatable bonds is 3. The number of para-hydroxylation sites is 2. The molecule has 6 nitrogen and oxygen atoms in total. The first-order chi connectivity index (χ1) is 12.1. The van der Waals surface area contributed by atoms with E-state index in [-0.39, 0.29) is 30.4 Å². The lowest BCUT2D eigenvalue weighted by Gasteiger charge is -2.32. The van der Waals surface area contributed by atoms with Gasteiger partial charge >= 0.3 is 6.03 Å². The van der Waals surface area contributed by atoms with Crippen LogP contribution >= 0.6 is 12.4 Å². The molecule has 4 N–H and O–H groups in total. The number of nitrogen functional groups attached to an aromatic ring is 1. The summed E-state index contributed by atoms with van der Waals surface area (Å²) in [7, 11) is 0. The van der Waals surface area contributed by atoms with E-state index in [0.717, 1.165) is 18.5 Å². The first-order valence-electron chi connectivity index (χ1n) is 8.40. The lowest BCUT2D eigenvalue weighted by molar-refractivity contribution is 0.0710. The van der Waals surface area contributed by atoms with Crippen LogP contribution in [0.1, 0.15) is 23.2 Å². The normalized spacial score (nSPS) is 14.2. The maximum absolute atomic E-state index is 12.5. The molecule has 3 amide bonds. The summed E-state index contributed by atoms with van der Waals surface area (Å²) in [6, 6.07) is 16.3. The van der Waals surface area contributed by atoms with E-state index in [0.29, 0.717) is 24.3 Å². The van der Waals surface area contributed by atoms with Gasteiger partial charge in [0, 0.05) is 30.5 Å². The fourth-order valence-corrected chi connectivity index (χ4v) is 2.96. The van der Waals surface area contributed by atoms with Crippen LogP contribution in [0, 0.1) is 0 Å². The maximum atomic E-state index is 12.5. The van der Waals surface area contributed by atoms with Gasteiger partial charge in [0.1, 0.15) is 0 Å². The summed E-state index contributed by atoms with van der Waals surface area (Å²) in [4.78, 5) is 26.4. The molecule has 2 aromatic carbocycles. The molecule has 1 fully saturated rings. The van der Waals surface area contributed by atoms with Gasteiger partial charge in [-0.1, -0.05) is 30.3 Å². The molecule has 0 atom stereocenters. The Morgan fingerprint density at radius 1 is 0.962 bits per heavy atom. The highest BCUT2D eigenvalue weighted by Crippen LogP contribution is 2.18. The highest BCUT2D eigenvalue weighted by Gasteiger charge is 2.25. The minimum atomic E-state index is -0.219. The molecule has 0 radical (unpaired) electrons. The quantitative estimate of drug-likeness (QED) is 0.721. The van der Waals surface area contributed by atoms with Gasteiger partial charge in [0.15, 0.2) is 0 Å². The molecule has 1 saturated heterocycles. The fraction of sp³-hybridized carbons (Fsp3) is 0.263. The number of piperidine rings is 1. The number of nitrogens with two attached hydrogens (primary N) is 1. The number of benzene rings is 2. The molecule has 138 valence electrons.